The first-order valence-electron chi connectivity index (χ1n) is 3.92. The van der Waals surface area contributed by atoms with Crippen LogP contribution in [0.15, 0.2) is 24.3 Å². The van der Waals surface area contributed by atoms with Crippen molar-refractivity contribution in [2.24, 2.45) is 0 Å². The highest BCUT2D eigenvalue weighted by Gasteiger charge is 2.04. The minimum Gasteiger partial charge on any atom is -0.462 e. The Morgan fingerprint density at radius 1 is 1.46 bits per heavy atom. The van der Waals surface area contributed by atoms with Crippen LogP contribution in [0.5, 0.6) is 0 Å². The summed E-state index contributed by atoms with van der Waals surface area (Å²) in [5.74, 6) is -0.348. The fourth-order valence-corrected chi connectivity index (χ4v) is 0.886. The molecular formula is C10H9NO2. The predicted octanol–water partition coefficient (Wildman–Crippen LogP) is 2.41. The fourth-order valence-electron chi connectivity index (χ4n) is 0.886. The van der Waals surface area contributed by atoms with Crippen molar-refractivity contribution in [2.75, 3.05) is 6.61 Å². The maximum atomic E-state index is 11.1. The van der Waals surface area contributed by atoms with Crippen LogP contribution in [0.3, 0.4) is 0 Å². The standard InChI is InChI=1S/C10H9NO2/c1-3-13-10(12)8-4-6-9(11-2)7-5-8/h4-7H,3H2,1H3. The number of carbonyl (C=O) groups excluding carboxylic acids is 1. The van der Waals surface area contributed by atoms with E-state index in [-0.39, 0.29) is 5.97 Å². The van der Waals surface area contributed by atoms with Gasteiger partial charge in [-0.2, -0.15) is 0 Å². The molecule has 0 aliphatic heterocycles. The van der Waals surface area contributed by atoms with Crippen LogP contribution in [0.4, 0.5) is 5.69 Å². The highest BCUT2D eigenvalue weighted by molar-refractivity contribution is 5.89. The molecule has 0 aromatic heterocycles. The number of benzene rings is 1. The summed E-state index contributed by atoms with van der Waals surface area (Å²) in [6.07, 6.45) is 0. The molecule has 0 aliphatic carbocycles. The second-order valence-corrected chi connectivity index (χ2v) is 2.38. The van der Waals surface area contributed by atoms with Gasteiger partial charge in [-0.05, 0) is 6.92 Å². The topological polar surface area (TPSA) is 30.7 Å². The van der Waals surface area contributed by atoms with E-state index in [2.05, 4.69) is 4.85 Å². The summed E-state index contributed by atoms with van der Waals surface area (Å²) in [7, 11) is 0. The van der Waals surface area contributed by atoms with Crippen molar-refractivity contribution in [1.29, 1.82) is 0 Å². The summed E-state index contributed by atoms with van der Waals surface area (Å²) in [5.41, 5.74) is 1.00. The molecule has 0 N–H and O–H groups in total. The molecule has 66 valence electrons. The van der Waals surface area contributed by atoms with Crippen LogP contribution in [-0.2, 0) is 4.74 Å². The molecule has 13 heavy (non-hydrogen) atoms. The summed E-state index contributed by atoms with van der Waals surface area (Å²) >= 11 is 0. The van der Waals surface area contributed by atoms with Crippen molar-refractivity contribution in [2.45, 2.75) is 6.92 Å². The monoisotopic (exact) mass is 175 g/mol. The van der Waals surface area contributed by atoms with Crippen molar-refractivity contribution < 1.29 is 9.53 Å². The van der Waals surface area contributed by atoms with E-state index in [0.717, 1.165) is 0 Å². The zero-order valence-electron chi connectivity index (χ0n) is 7.28. The van der Waals surface area contributed by atoms with E-state index in [0.29, 0.717) is 17.9 Å². The van der Waals surface area contributed by atoms with Crippen LogP contribution < -0.4 is 0 Å². The molecule has 0 bridgehead atoms. The van der Waals surface area contributed by atoms with E-state index in [1.54, 1.807) is 31.2 Å². The average molecular weight is 175 g/mol. The van der Waals surface area contributed by atoms with Crippen LogP contribution >= 0.6 is 0 Å². The summed E-state index contributed by atoms with van der Waals surface area (Å²) in [6, 6.07) is 6.37. The number of nitrogens with zero attached hydrogens (tertiary/aromatic N) is 1. The van der Waals surface area contributed by atoms with E-state index >= 15 is 0 Å². The zero-order chi connectivity index (χ0) is 9.68. The second-order valence-electron chi connectivity index (χ2n) is 2.38. The van der Waals surface area contributed by atoms with Gasteiger partial charge in [0.05, 0.1) is 18.7 Å². The van der Waals surface area contributed by atoms with Gasteiger partial charge < -0.3 is 4.74 Å². The zero-order valence-corrected chi connectivity index (χ0v) is 7.28. The van der Waals surface area contributed by atoms with Gasteiger partial charge in [-0.1, -0.05) is 24.3 Å². The van der Waals surface area contributed by atoms with E-state index in [1.165, 1.54) is 0 Å². The maximum absolute atomic E-state index is 11.1. The smallest absolute Gasteiger partial charge is 0.338 e. The molecule has 1 aromatic rings. The van der Waals surface area contributed by atoms with Gasteiger partial charge in [0, 0.05) is 0 Å². The molecule has 0 saturated heterocycles. The van der Waals surface area contributed by atoms with Crippen molar-refractivity contribution in [1.82, 2.24) is 0 Å². The number of rotatable bonds is 2. The van der Waals surface area contributed by atoms with Crippen molar-refractivity contribution >= 4 is 11.7 Å². The van der Waals surface area contributed by atoms with Gasteiger partial charge in [0.2, 0.25) is 0 Å². The third-order valence-corrected chi connectivity index (χ3v) is 1.51. The van der Waals surface area contributed by atoms with Gasteiger partial charge in [0.25, 0.3) is 0 Å². The molecule has 0 unspecified atom stereocenters. The molecule has 0 fully saturated rings. The van der Waals surface area contributed by atoms with Gasteiger partial charge in [0.15, 0.2) is 5.69 Å². The van der Waals surface area contributed by atoms with Gasteiger partial charge in [0.1, 0.15) is 0 Å². The summed E-state index contributed by atoms with van der Waals surface area (Å²) in [4.78, 5) is 14.4. The summed E-state index contributed by atoms with van der Waals surface area (Å²) in [6.45, 7) is 8.83. The molecule has 0 heterocycles. The van der Waals surface area contributed by atoms with Gasteiger partial charge >= 0.3 is 5.97 Å². The Balaban J connectivity index is 2.81. The molecular weight excluding hydrogens is 166 g/mol. The first-order chi connectivity index (χ1) is 6.27. The second kappa shape index (κ2) is 4.27. The van der Waals surface area contributed by atoms with Gasteiger partial charge in [-0.25, -0.2) is 9.64 Å². The van der Waals surface area contributed by atoms with Crippen LogP contribution in [0.1, 0.15) is 17.3 Å². The minimum absolute atomic E-state index is 0.348. The Bertz CT molecular complexity index is 335. The van der Waals surface area contributed by atoms with Crippen LogP contribution in [0.2, 0.25) is 0 Å². The summed E-state index contributed by atoms with van der Waals surface area (Å²) in [5, 5.41) is 0. The number of ether oxygens (including phenoxy) is 1. The first kappa shape index (κ1) is 9.27. The lowest BCUT2D eigenvalue weighted by Crippen LogP contribution is -2.03. The highest BCUT2D eigenvalue weighted by Crippen LogP contribution is 2.12. The van der Waals surface area contributed by atoms with E-state index in [1.807, 2.05) is 0 Å². The molecule has 0 aliphatic rings. The normalized spacial score (nSPS) is 8.92. The fraction of sp³-hybridized carbons (Fsp3) is 0.200. The van der Waals surface area contributed by atoms with Crippen molar-refractivity contribution in [3.05, 3.63) is 41.2 Å². The average Bonchev–Trinajstić information content (AvgIpc) is 2.18. The molecule has 3 nitrogen and oxygen atoms in total. The SMILES string of the molecule is [C-]#[N+]c1ccc(C(=O)OCC)cc1. The lowest BCUT2D eigenvalue weighted by molar-refractivity contribution is 0.0526. The molecule has 3 heteroatoms. The predicted molar refractivity (Wildman–Crippen MR) is 48.7 cm³/mol. The van der Waals surface area contributed by atoms with Crippen molar-refractivity contribution in [3.63, 3.8) is 0 Å². The van der Waals surface area contributed by atoms with Gasteiger partial charge in [-0.3, -0.25) is 0 Å². The molecule has 0 radical (unpaired) electrons. The van der Waals surface area contributed by atoms with E-state index in [4.69, 9.17) is 11.3 Å². The van der Waals surface area contributed by atoms with Crippen molar-refractivity contribution in [3.8, 4) is 0 Å². The molecule has 1 aromatic carbocycles. The van der Waals surface area contributed by atoms with E-state index < -0.39 is 0 Å². The highest BCUT2D eigenvalue weighted by atomic mass is 16.5. The number of hydrogen-bond donors (Lipinski definition) is 0. The Kier molecular flexibility index (Phi) is 3.04. The number of hydrogen-bond acceptors (Lipinski definition) is 2. The Labute approximate surface area is 76.8 Å². The molecule has 0 atom stereocenters. The third kappa shape index (κ3) is 2.31. The summed E-state index contributed by atoms with van der Waals surface area (Å²) < 4.78 is 4.79. The molecule has 1 rings (SSSR count). The van der Waals surface area contributed by atoms with Crippen LogP contribution in [0, 0.1) is 6.57 Å². The third-order valence-electron chi connectivity index (χ3n) is 1.51. The maximum Gasteiger partial charge on any atom is 0.338 e. The lowest BCUT2D eigenvalue weighted by Gasteiger charge is -2.00. The van der Waals surface area contributed by atoms with Crippen LogP contribution in [0.25, 0.3) is 4.85 Å². The minimum atomic E-state index is -0.348. The first-order valence-corrected chi connectivity index (χ1v) is 3.92. The molecule has 0 spiro atoms. The van der Waals surface area contributed by atoms with Crippen LogP contribution in [-0.4, -0.2) is 12.6 Å². The Morgan fingerprint density at radius 2 is 2.08 bits per heavy atom. The van der Waals surface area contributed by atoms with Gasteiger partial charge in [-0.15, -0.1) is 0 Å². The molecule has 0 saturated carbocycles. The number of carbonyl (C=O) groups is 1. The lowest BCUT2D eigenvalue weighted by atomic mass is 10.2. The number of esters is 1. The largest absolute Gasteiger partial charge is 0.462 e. The Hall–Kier alpha value is -1.82. The molecule has 0 amide bonds. The quantitative estimate of drug-likeness (QED) is 0.510. The van der Waals surface area contributed by atoms with E-state index in [9.17, 15) is 4.79 Å². The Morgan fingerprint density at radius 3 is 2.54 bits per heavy atom.